The molecule has 0 saturated heterocycles. The highest BCUT2D eigenvalue weighted by molar-refractivity contribution is 6.31. The van der Waals surface area contributed by atoms with Crippen LogP contribution in [0.15, 0.2) is 48.7 Å². The molecule has 3 aromatic rings. The van der Waals surface area contributed by atoms with Crippen molar-refractivity contribution < 1.29 is 9.53 Å². The van der Waals surface area contributed by atoms with Crippen LogP contribution in [-0.2, 0) is 0 Å². The molecule has 2 aromatic carbocycles. The second-order valence-corrected chi connectivity index (χ2v) is 6.42. The van der Waals surface area contributed by atoms with E-state index in [4.69, 9.17) is 16.3 Å². The molecular formula is C20H19ClN4O2. The Morgan fingerprint density at radius 2 is 1.93 bits per heavy atom. The van der Waals surface area contributed by atoms with Crippen molar-refractivity contribution in [2.24, 2.45) is 0 Å². The highest BCUT2D eigenvalue weighted by atomic mass is 35.5. The van der Waals surface area contributed by atoms with Crippen molar-refractivity contribution in [3.05, 3.63) is 70.5 Å². The molecule has 7 heteroatoms. The second kappa shape index (κ2) is 8.05. The minimum Gasteiger partial charge on any atom is -0.495 e. The molecule has 0 fully saturated rings. The molecule has 0 bridgehead atoms. The number of carbonyl (C=O) groups excluding carboxylic acids is 1. The molecule has 0 spiro atoms. The zero-order chi connectivity index (χ0) is 19.4. The Bertz CT molecular complexity index is 991. The van der Waals surface area contributed by atoms with Gasteiger partial charge in [-0.15, -0.1) is 0 Å². The predicted molar refractivity (Wildman–Crippen MR) is 107 cm³/mol. The first-order valence-electron chi connectivity index (χ1n) is 8.28. The molecule has 27 heavy (non-hydrogen) atoms. The van der Waals surface area contributed by atoms with Gasteiger partial charge in [0.2, 0.25) is 5.95 Å². The van der Waals surface area contributed by atoms with Gasteiger partial charge in [0.15, 0.2) is 0 Å². The summed E-state index contributed by atoms with van der Waals surface area (Å²) in [5.41, 5.74) is 3.54. The number of aromatic nitrogens is 2. The smallest absolute Gasteiger partial charge is 0.274 e. The first-order chi connectivity index (χ1) is 13.0. The number of hydrogen-bond acceptors (Lipinski definition) is 5. The van der Waals surface area contributed by atoms with Crippen LogP contribution in [0.3, 0.4) is 0 Å². The fourth-order valence-corrected chi connectivity index (χ4v) is 2.63. The van der Waals surface area contributed by atoms with Crippen LogP contribution in [0.5, 0.6) is 5.75 Å². The van der Waals surface area contributed by atoms with Crippen molar-refractivity contribution in [3.8, 4) is 5.75 Å². The summed E-state index contributed by atoms with van der Waals surface area (Å²) in [7, 11) is 1.56. The van der Waals surface area contributed by atoms with Crippen molar-refractivity contribution in [1.29, 1.82) is 0 Å². The van der Waals surface area contributed by atoms with E-state index in [-0.39, 0.29) is 11.6 Å². The summed E-state index contributed by atoms with van der Waals surface area (Å²) in [4.78, 5) is 21.0. The monoisotopic (exact) mass is 382 g/mol. The van der Waals surface area contributed by atoms with E-state index in [1.807, 2.05) is 38.1 Å². The molecular weight excluding hydrogens is 364 g/mol. The lowest BCUT2D eigenvalue weighted by molar-refractivity contribution is 0.102. The summed E-state index contributed by atoms with van der Waals surface area (Å²) in [6, 6.07) is 12.6. The van der Waals surface area contributed by atoms with E-state index >= 15 is 0 Å². The molecule has 1 amide bonds. The zero-order valence-electron chi connectivity index (χ0n) is 15.2. The number of nitrogens with zero attached hydrogens (tertiary/aromatic N) is 2. The maximum absolute atomic E-state index is 12.6. The fraction of sp³-hybridized carbons (Fsp3) is 0.150. The Balaban J connectivity index is 1.79. The maximum atomic E-state index is 12.6. The van der Waals surface area contributed by atoms with E-state index in [0.717, 1.165) is 16.8 Å². The van der Waals surface area contributed by atoms with Gasteiger partial charge in [0, 0.05) is 16.9 Å². The van der Waals surface area contributed by atoms with Gasteiger partial charge < -0.3 is 15.4 Å². The molecule has 0 aliphatic rings. The average Bonchev–Trinajstić information content (AvgIpc) is 2.65. The van der Waals surface area contributed by atoms with E-state index < -0.39 is 0 Å². The summed E-state index contributed by atoms with van der Waals surface area (Å²) < 4.78 is 5.29. The minimum atomic E-state index is -0.355. The predicted octanol–water partition coefficient (Wildman–Crippen LogP) is 4.75. The number of hydrogen-bond donors (Lipinski definition) is 2. The Hall–Kier alpha value is -3.12. The van der Waals surface area contributed by atoms with Crippen LogP contribution in [-0.4, -0.2) is 23.0 Å². The van der Waals surface area contributed by atoms with Crippen LogP contribution in [0.1, 0.15) is 21.6 Å². The summed E-state index contributed by atoms with van der Waals surface area (Å²) in [5.74, 6) is 0.528. The standard InChI is InChI=1S/C20H19ClN4O2/c1-12-4-7-18(27-3)17(10-12)24-19(26)16-8-9-22-20(25-16)23-14-6-5-13(2)15(21)11-14/h4-11H,1-3H3,(H,24,26)(H,22,23,25). The molecule has 2 N–H and O–H groups in total. The van der Waals surface area contributed by atoms with Gasteiger partial charge in [0.05, 0.1) is 12.8 Å². The molecule has 3 rings (SSSR count). The van der Waals surface area contributed by atoms with Crippen LogP contribution in [0.4, 0.5) is 17.3 Å². The molecule has 138 valence electrons. The van der Waals surface area contributed by atoms with Gasteiger partial charge in [-0.2, -0.15) is 0 Å². The normalized spacial score (nSPS) is 10.4. The number of ether oxygens (including phenoxy) is 1. The molecule has 0 radical (unpaired) electrons. The van der Waals surface area contributed by atoms with Crippen molar-refractivity contribution in [1.82, 2.24) is 9.97 Å². The number of aryl methyl sites for hydroxylation is 2. The molecule has 0 saturated carbocycles. The third kappa shape index (κ3) is 4.54. The van der Waals surface area contributed by atoms with Crippen LogP contribution in [0, 0.1) is 13.8 Å². The molecule has 1 aromatic heterocycles. The van der Waals surface area contributed by atoms with Crippen LogP contribution >= 0.6 is 11.6 Å². The summed E-state index contributed by atoms with van der Waals surface area (Å²) in [6.07, 6.45) is 1.52. The molecule has 1 heterocycles. The Morgan fingerprint density at radius 1 is 1.11 bits per heavy atom. The zero-order valence-corrected chi connectivity index (χ0v) is 16.0. The summed E-state index contributed by atoms with van der Waals surface area (Å²) >= 11 is 6.14. The van der Waals surface area contributed by atoms with E-state index in [2.05, 4.69) is 20.6 Å². The number of amides is 1. The molecule has 0 aliphatic heterocycles. The Kier molecular flexibility index (Phi) is 5.57. The number of carbonyl (C=O) groups is 1. The van der Waals surface area contributed by atoms with E-state index in [9.17, 15) is 4.79 Å². The lowest BCUT2D eigenvalue weighted by atomic mass is 10.2. The second-order valence-electron chi connectivity index (χ2n) is 6.01. The summed E-state index contributed by atoms with van der Waals surface area (Å²) in [5, 5.41) is 6.51. The van der Waals surface area contributed by atoms with Crippen molar-refractivity contribution in [2.45, 2.75) is 13.8 Å². The number of nitrogens with one attached hydrogen (secondary N) is 2. The summed E-state index contributed by atoms with van der Waals surface area (Å²) in [6.45, 7) is 3.86. The van der Waals surface area contributed by atoms with Gasteiger partial charge in [0.1, 0.15) is 11.4 Å². The Labute approximate surface area is 162 Å². The third-order valence-corrected chi connectivity index (χ3v) is 4.33. The van der Waals surface area contributed by atoms with E-state index in [1.165, 1.54) is 6.20 Å². The minimum absolute atomic E-state index is 0.231. The van der Waals surface area contributed by atoms with Gasteiger partial charge in [-0.1, -0.05) is 23.7 Å². The van der Waals surface area contributed by atoms with E-state index in [1.54, 1.807) is 25.3 Å². The van der Waals surface area contributed by atoms with Crippen molar-refractivity contribution in [3.63, 3.8) is 0 Å². The molecule has 0 unspecified atom stereocenters. The highest BCUT2D eigenvalue weighted by Crippen LogP contribution is 2.26. The maximum Gasteiger partial charge on any atom is 0.274 e. The lowest BCUT2D eigenvalue weighted by Gasteiger charge is -2.11. The van der Waals surface area contributed by atoms with Crippen LogP contribution in [0.2, 0.25) is 5.02 Å². The number of methoxy groups -OCH3 is 1. The third-order valence-electron chi connectivity index (χ3n) is 3.92. The van der Waals surface area contributed by atoms with Gasteiger partial charge in [-0.05, 0) is 55.3 Å². The number of benzene rings is 2. The first-order valence-corrected chi connectivity index (χ1v) is 8.66. The largest absolute Gasteiger partial charge is 0.495 e. The molecule has 0 atom stereocenters. The van der Waals surface area contributed by atoms with Gasteiger partial charge >= 0.3 is 0 Å². The van der Waals surface area contributed by atoms with Gasteiger partial charge in [-0.25, -0.2) is 9.97 Å². The van der Waals surface area contributed by atoms with Gasteiger partial charge in [-0.3, -0.25) is 4.79 Å². The van der Waals surface area contributed by atoms with Crippen molar-refractivity contribution >= 4 is 34.8 Å². The molecule has 6 nitrogen and oxygen atoms in total. The quantitative estimate of drug-likeness (QED) is 0.665. The van der Waals surface area contributed by atoms with Gasteiger partial charge in [0.25, 0.3) is 5.91 Å². The Morgan fingerprint density at radius 3 is 2.67 bits per heavy atom. The van der Waals surface area contributed by atoms with Crippen LogP contribution in [0.25, 0.3) is 0 Å². The first kappa shape index (κ1) is 18.7. The number of halogens is 1. The number of rotatable bonds is 5. The topological polar surface area (TPSA) is 76.1 Å². The van der Waals surface area contributed by atoms with Crippen LogP contribution < -0.4 is 15.4 Å². The molecule has 0 aliphatic carbocycles. The fourth-order valence-electron chi connectivity index (χ4n) is 2.45. The SMILES string of the molecule is COc1ccc(C)cc1NC(=O)c1ccnc(Nc2ccc(C)c(Cl)c2)n1. The van der Waals surface area contributed by atoms with Crippen molar-refractivity contribution in [2.75, 3.05) is 17.7 Å². The highest BCUT2D eigenvalue weighted by Gasteiger charge is 2.12. The number of anilines is 3. The van der Waals surface area contributed by atoms with E-state index in [0.29, 0.717) is 22.4 Å². The average molecular weight is 383 g/mol. The lowest BCUT2D eigenvalue weighted by Crippen LogP contribution is -2.15.